The molecule has 6 nitrogen and oxygen atoms in total. The predicted molar refractivity (Wildman–Crippen MR) is 123 cm³/mol. The highest BCUT2D eigenvalue weighted by Gasteiger charge is 2.33. The molecule has 3 rings (SSSR count). The minimum absolute atomic E-state index is 0.00831. The maximum absolute atomic E-state index is 12.6. The fraction of sp³-hybridized carbons (Fsp3) is 0.625. The first-order valence-electron chi connectivity index (χ1n) is 11.3. The molecular weight excluding hydrogens is 412 g/mol. The number of carbonyl (C=O) groups is 2. The molecule has 1 aromatic carbocycles. The summed E-state index contributed by atoms with van der Waals surface area (Å²) >= 11 is 1.39. The molecule has 0 saturated heterocycles. The van der Waals surface area contributed by atoms with Crippen molar-refractivity contribution in [2.75, 3.05) is 12.4 Å². The first-order chi connectivity index (χ1) is 14.8. The predicted octanol–water partition coefficient (Wildman–Crippen LogP) is 5.33. The van der Waals surface area contributed by atoms with Crippen LogP contribution in [0.25, 0.3) is 11.0 Å². The van der Waals surface area contributed by atoms with Crippen molar-refractivity contribution in [1.29, 1.82) is 0 Å². The highest BCUT2D eigenvalue weighted by atomic mass is 32.2. The zero-order valence-corrected chi connectivity index (χ0v) is 20.0. The number of rotatable bonds is 8. The summed E-state index contributed by atoms with van der Waals surface area (Å²) in [5.74, 6) is 1.23. The maximum Gasteiger partial charge on any atom is 0.338 e. The largest absolute Gasteiger partial charge is 0.462 e. The van der Waals surface area contributed by atoms with Crippen molar-refractivity contribution in [1.82, 2.24) is 9.55 Å². The Hall–Kier alpha value is -2.02. The minimum atomic E-state index is -0.352. The average molecular weight is 447 g/mol. The van der Waals surface area contributed by atoms with Crippen LogP contribution in [-0.2, 0) is 20.8 Å². The van der Waals surface area contributed by atoms with E-state index in [1.807, 2.05) is 13.0 Å². The highest BCUT2D eigenvalue weighted by Crippen LogP contribution is 2.35. The summed E-state index contributed by atoms with van der Waals surface area (Å²) in [6.45, 7) is 11.5. The molecule has 0 spiro atoms. The van der Waals surface area contributed by atoms with Gasteiger partial charge in [-0.1, -0.05) is 39.0 Å². The molecule has 0 bridgehead atoms. The lowest BCUT2D eigenvalue weighted by molar-refractivity contribution is -0.152. The van der Waals surface area contributed by atoms with Gasteiger partial charge < -0.3 is 14.0 Å². The number of benzene rings is 1. The van der Waals surface area contributed by atoms with Crippen LogP contribution < -0.4 is 0 Å². The quantitative estimate of drug-likeness (QED) is 0.403. The lowest BCUT2D eigenvalue weighted by Crippen LogP contribution is -2.36. The molecule has 2 aromatic rings. The molecular formula is C24H34N2O4S. The number of aromatic nitrogens is 2. The van der Waals surface area contributed by atoms with Crippen LogP contribution in [0.2, 0.25) is 0 Å². The molecule has 3 unspecified atom stereocenters. The van der Waals surface area contributed by atoms with Crippen LogP contribution in [0.4, 0.5) is 0 Å². The number of thioether (sulfide) groups is 1. The number of aryl methyl sites for hydroxylation is 1. The molecule has 170 valence electrons. The SMILES string of the molecule is CCOC(=O)c1ccc2c(c1)nc(SCC(=O)OC1CC(C)CCC1C(C)C)n2CC. The smallest absolute Gasteiger partial charge is 0.338 e. The second-order valence-electron chi connectivity index (χ2n) is 8.71. The molecule has 7 heteroatoms. The third kappa shape index (κ3) is 5.62. The summed E-state index contributed by atoms with van der Waals surface area (Å²) in [6.07, 6.45) is 3.29. The Kier molecular flexibility index (Phi) is 8.03. The Morgan fingerprint density at radius 3 is 2.71 bits per heavy atom. The molecule has 0 N–H and O–H groups in total. The summed E-state index contributed by atoms with van der Waals surface area (Å²) in [4.78, 5) is 29.3. The Bertz CT molecular complexity index is 924. The Morgan fingerprint density at radius 2 is 2.03 bits per heavy atom. The van der Waals surface area contributed by atoms with Gasteiger partial charge in [-0.3, -0.25) is 4.79 Å². The van der Waals surface area contributed by atoms with Gasteiger partial charge in [0.2, 0.25) is 0 Å². The van der Waals surface area contributed by atoms with Crippen LogP contribution in [0.3, 0.4) is 0 Å². The Morgan fingerprint density at radius 1 is 1.26 bits per heavy atom. The zero-order chi connectivity index (χ0) is 22.5. The van der Waals surface area contributed by atoms with E-state index in [2.05, 4.69) is 30.3 Å². The van der Waals surface area contributed by atoms with Crippen LogP contribution in [0.15, 0.2) is 23.4 Å². The monoisotopic (exact) mass is 446 g/mol. The molecule has 1 saturated carbocycles. The van der Waals surface area contributed by atoms with Crippen LogP contribution in [0, 0.1) is 17.8 Å². The molecule has 1 aliphatic carbocycles. The normalized spacial score (nSPS) is 21.4. The van der Waals surface area contributed by atoms with Crippen molar-refractivity contribution in [2.24, 2.45) is 17.8 Å². The molecule has 0 radical (unpaired) electrons. The number of fused-ring (bicyclic) bond motifs is 1. The van der Waals surface area contributed by atoms with E-state index < -0.39 is 0 Å². The van der Waals surface area contributed by atoms with Crippen LogP contribution in [0.1, 0.15) is 64.2 Å². The molecule has 31 heavy (non-hydrogen) atoms. The van der Waals surface area contributed by atoms with Gasteiger partial charge in [-0.15, -0.1) is 0 Å². The number of esters is 2. The van der Waals surface area contributed by atoms with E-state index in [4.69, 9.17) is 9.47 Å². The Labute approximate surface area is 189 Å². The van der Waals surface area contributed by atoms with Gasteiger partial charge in [0.25, 0.3) is 0 Å². The molecule has 1 fully saturated rings. The molecule has 1 aromatic heterocycles. The number of hydrogen-bond acceptors (Lipinski definition) is 6. The van der Waals surface area contributed by atoms with Gasteiger partial charge in [0, 0.05) is 6.54 Å². The molecule has 1 heterocycles. The summed E-state index contributed by atoms with van der Waals surface area (Å²) in [5.41, 5.74) is 2.15. The summed E-state index contributed by atoms with van der Waals surface area (Å²) in [5, 5.41) is 0.757. The van der Waals surface area contributed by atoms with E-state index in [0.29, 0.717) is 29.9 Å². The number of ether oxygens (including phenoxy) is 2. The third-order valence-electron chi connectivity index (χ3n) is 6.10. The van der Waals surface area contributed by atoms with Gasteiger partial charge >= 0.3 is 11.9 Å². The standard InChI is InChI=1S/C24H34N2O4S/c1-6-26-20-11-9-17(23(28)29-7-2)13-19(20)25-24(26)31-14-22(27)30-21-12-16(5)8-10-18(21)15(3)4/h9,11,13,15-16,18,21H,6-8,10,12,14H2,1-5H3. The van der Waals surface area contributed by atoms with Crippen molar-refractivity contribution >= 4 is 34.7 Å². The van der Waals surface area contributed by atoms with Gasteiger partial charge in [-0.05, 0) is 62.6 Å². The van der Waals surface area contributed by atoms with Crippen molar-refractivity contribution < 1.29 is 19.1 Å². The molecule has 3 atom stereocenters. The fourth-order valence-corrected chi connectivity index (χ4v) is 5.30. The molecule has 0 amide bonds. The van der Waals surface area contributed by atoms with Crippen LogP contribution in [-0.4, -0.2) is 40.0 Å². The first-order valence-corrected chi connectivity index (χ1v) is 12.3. The molecule has 1 aliphatic rings. The summed E-state index contributed by atoms with van der Waals surface area (Å²) in [7, 11) is 0. The van der Waals surface area contributed by atoms with Crippen molar-refractivity contribution in [2.45, 2.75) is 71.7 Å². The van der Waals surface area contributed by atoms with Gasteiger partial charge in [0.1, 0.15) is 6.10 Å². The van der Waals surface area contributed by atoms with E-state index in [-0.39, 0.29) is 23.8 Å². The van der Waals surface area contributed by atoms with Crippen molar-refractivity contribution in [3.8, 4) is 0 Å². The minimum Gasteiger partial charge on any atom is -0.462 e. The summed E-state index contributed by atoms with van der Waals surface area (Å²) in [6, 6.07) is 5.39. The second kappa shape index (κ2) is 10.5. The molecule has 0 aliphatic heterocycles. The number of imidazole rings is 1. The van der Waals surface area contributed by atoms with E-state index >= 15 is 0 Å². The van der Waals surface area contributed by atoms with Gasteiger partial charge in [0.05, 0.1) is 29.0 Å². The van der Waals surface area contributed by atoms with Gasteiger partial charge in [0.15, 0.2) is 5.16 Å². The summed E-state index contributed by atoms with van der Waals surface area (Å²) < 4.78 is 13.1. The lowest BCUT2D eigenvalue weighted by atomic mass is 9.75. The van der Waals surface area contributed by atoms with E-state index in [0.717, 1.165) is 35.6 Å². The topological polar surface area (TPSA) is 70.4 Å². The number of nitrogens with zero attached hydrogens (tertiary/aromatic N) is 2. The number of carbonyl (C=O) groups excluding carboxylic acids is 2. The second-order valence-corrected chi connectivity index (χ2v) is 9.65. The fourth-order valence-electron chi connectivity index (χ4n) is 4.44. The van der Waals surface area contributed by atoms with Gasteiger partial charge in [-0.25, -0.2) is 9.78 Å². The van der Waals surface area contributed by atoms with Crippen molar-refractivity contribution in [3.05, 3.63) is 23.8 Å². The van der Waals surface area contributed by atoms with Crippen LogP contribution >= 0.6 is 11.8 Å². The lowest BCUT2D eigenvalue weighted by Gasteiger charge is -2.36. The third-order valence-corrected chi connectivity index (χ3v) is 7.05. The maximum atomic E-state index is 12.6. The highest BCUT2D eigenvalue weighted by molar-refractivity contribution is 7.99. The first kappa shape index (κ1) is 23.6. The number of hydrogen-bond donors (Lipinski definition) is 0. The zero-order valence-electron chi connectivity index (χ0n) is 19.2. The van der Waals surface area contributed by atoms with Gasteiger partial charge in [-0.2, -0.15) is 0 Å². The average Bonchev–Trinajstić information content (AvgIpc) is 3.08. The van der Waals surface area contributed by atoms with Crippen molar-refractivity contribution in [3.63, 3.8) is 0 Å². The van der Waals surface area contributed by atoms with E-state index in [9.17, 15) is 9.59 Å². The van der Waals surface area contributed by atoms with Crippen LogP contribution in [0.5, 0.6) is 0 Å². The van der Waals surface area contributed by atoms with E-state index in [1.54, 1.807) is 19.1 Å². The Balaban J connectivity index is 1.69. The van der Waals surface area contributed by atoms with E-state index in [1.165, 1.54) is 18.2 Å².